The Hall–Kier alpha value is -1.62. The predicted octanol–water partition coefficient (Wildman–Crippen LogP) is 1.55. The summed E-state index contributed by atoms with van der Waals surface area (Å²) in [5.74, 6) is -0.127. The van der Waals surface area contributed by atoms with Gasteiger partial charge in [-0.1, -0.05) is 0 Å². The lowest BCUT2D eigenvalue weighted by molar-refractivity contribution is 0.0958. The lowest BCUT2D eigenvalue weighted by Crippen LogP contribution is -2.48. The van der Waals surface area contributed by atoms with Gasteiger partial charge in [-0.15, -0.1) is 0 Å². The molecule has 3 heterocycles. The molecule has 1 aromatic heterocycles. The third kappa shape index (κ3) is 2.88. The van der Waals surface area contributed by atoms with Crippen LogP contribution in [0.2, 0.25) is 0 Å². The molecule has 3 rings (SSSR count). The summed E-state index contributed by atoms with van der Waals surface area (Å²) in [6.07, 6.45) is 6.74. The summed E-state index contributed by atoms with van der Waals surface area (Å²) in [5.41, 5.74) is 1.60. The number of amides is 1. The number of hydrogen-bond donors (Lipinski definition) is 2. The van der Waals surface area contributed by atoms with Gasteiger partial charge >= 0.3 is 0 Å². The standard InChI is InChI=1S/C16H24N4O/c1-3-20(14-8-11-4-5-12(9-14)19-11)13-6-7-18-15(10-13)16(21)17-2/h6-7,10-12,14,19H,3-5,8-9H2,1-2H3,(H,17,21). The molecule has 2 fully saturated rings. The molecule has 0 aromatic carbocycles. The van der Waals surface area contributed by atoms with Crippen LogP contribution in [-0.4, -0.2) is 42.6 Å². The van der Waals surface area contributed by atoms with Crippen molar-refractivity contribution in [2.75, 3.05) is 18.5 Å². The average Bonchev–Trinajstić information content (AvgIpc) is 2.86. The predicted molar refractivity (Wildman–Crippen MR) is 83.6 cm³/mol. The Morgan fingerprint density at radius 1 is 1.43 bits per heavy atom. The van der Waals surface area contributed by atoms with Crippen molar-refractivity contribution >= 4 is 11.6 Å². The molecule has 21 heavy (non-hydrogen) atoms. The van der Waals surface area contributed by atoms with E-state index in [1.807, 2.05) is 12.1 Å². The second-order valence-electron chi connectivity index (χ2n) is 6.03. The highest BCUT2D eigenvalue weighted by atomic mass is 16.1. The van der Waals surface area contributed by atoms with Crippen LogP contribution in [0.3, 0.4) is 0 Å². The smallest absolute Gasteiger partial charge is 0.269 e. The van der Waals surface area contributed by atoms with Crippen LogP contribution in [0, 0.1) is 0 Å². The highest BCUT2D eigenvalue weighted by Crippen LogP contribution is 2.32. The zero-order valence-electron chi connectivity index (χ0n) is 12.8. The van der Waals surface area contributed by atoms with Gasteiger partial charge in [-0.3, -0.25) is 9.78 Å². The van der Waals surface area contributed by atoms with Crippen LogP contribution in [0.25, 0.3) is 0 Å². The van der Waals surface area contributed by atoms with Crippen LogP contribution in [0.15, 0.2) is 18.3 Å². The molecule has 0 aliphatic carbocycles. The molecule has 114 valence electrons. The van der Waals surface area contributed by atoms with Crippen molar-refractivity contribution in [3.05, 3.63) is 24.0 Å². The average molecular weight is 288 g/mol. The molecule has 2 N–H and O–H groups in total. The second-order valence-corrected chi connectivity index (χ2v) is 6.03. The van der Waals surface area contributed by atoms with E-state index in [-0.39, 0.29) is 5.91 Å². The van der Waals surface area contributed by atoms with Gasteiger partial charge in [0, 0.05) is 43.6 Å². The summed E-state index contributed by atoms with van der Waals surface area (Å²) >= 11 is 0. The van der Waals surface area contributed by atoms with Gasteiger partial charge in [0.2, 0.25) is 0 Å². The Kier molecular flexibility index (Phi) is 4.10. The van der Waals surface area contributed by atoms with Crippen molar-refractivity contribution in [1.29, 1.82) is 0 Å². The van der Waals surface area contributed by atoms with Crippen molar-refractivity contribution in [3.8, 4) is 0 Å². The molecule has 0 saturated carbocycles. The monoisotopic (exact) mass is 288 g/mol. The van der Waals surface area contributed by atoms with Gasteiger partial charge in [0.1, 0.15) is 5.69 Å². The molecule has 0 radical (unpaired) electrons. The Bertz CT molecular complexity index is 507. The maximum Gasteiger partial charge on any atom is 0.269 e. The minimum Gasteiger partial charge on any atom is -0.369 e. The number of carbonyl (C=O) groups excluding carboxylic acids is 1. The summed E-state index contributed by atoms with van der Waals surface area (Å²) in [6, 6.07) is 5.83. The molecule has 1 amide bonds. The molecule has 5 heteroatoms. The highest BCUT2D eigenvalue weighted by molar-refractivity contribution is 5.92. The Morgan fingerprint density at radius 3 is 2.76 bits per heavy atom. The maximum absolute atomic E-state index is 11.8. The van der Waals surface area contributed by atoms with Gasteiger partial charge in [0.15, 0.2) is 0 Å². The van der Waals surface area contributed by atoms with E-state index >= 15 is 0 Å². The molecule has 2 saturated heterocycles. The third-order valence-corrected chi connectivity index (χ3v) is 4.76. The van der Waals surface area contributed by atoms with E-state index in [1.54, 1.807) is 13.2 Å². The van der Waals surface area contributed by atoms with E-state index in [9.17, 15) is 4.79 Å². The molecule has 5 nitrogen and oxygen atoms in total. The van der Waals surface area contributed by atoms with Crippen LogP contribution < -0.4 is 15.5 Å². The topological polar surface area (TPSA) is 57.3 Å². The zero-order valence-corrected chi connectivity index (χ0v) is 12.8. The van der Waals surface area contributed by atoms with Crippen LogP contribution in [0.1, 0.15) is 43.1 Å². The third-order valence-electron chi connectivity index (χ3n) is 4.76. The molecule has 0 spiro atoms. The molecular formula is C16H24N4O. The van der Waals surface area contributed by atoms with E-state index in [0.29, 0.717) is 23.8 Å². The van der Waals surface area contributed by atoms with Gasteiger partial charge in [-0.2, -0.15) is 0 Å². The fourth-order valence-electron chi connectivity index (χ4n) is 3.78. The minimum absolute atomic E-state index is 0.127. The highest BCUT2D eigenvalue weighted by Gasteiger charge is 2.35. The number of carbonyl (C=O) groups is 1. The second kappa shape index (κ2) is 6.02. The lowest BCUT2D eigenvalue weighted by atomic mass is 9.97. The number of aromatic nitrogens is 1. The number of hydrogen-bond acceptors (Lipinski definition) is 4. The summed E-state index contributed by atoms with van der Waals surface area (Å²) in [6.45, 7) is 3.14. The van der Waals surface area contributed by atoms with Crippen molar-refractivity contribution in [1.82, 2.24) is 15.6 Å². The molecule has 2 bridgehead atoms. The number of anilines is 1. The Labute approximate surface area is 126 Å². The molecule has 2 aliphatic rings. The first kappa shape index (κ1) is 14.3. The maximum atomic E-state index is 11.8. The summed E-state index contributed by atoms with van der Waals surface area (Å²) in [4.78, 5) is 18.4. The van der Waals surface area contributed by atoms with Crippen molar-refractivity contribution < 1.29 is 4.79 Å². The SMILES string of the molecule is CCN(c1ccnc(C(=O)NC)c1)C1CC2CCC(C1)N2. The van der Waals surface area contributed by atoms with Gasteiger partial charge in [-0.25, -0.2) is 0 Å². The minimum atomic E-state index is -0.127. The molecule has 1 aromatic rings. The van der Waals surface area contributed by atoms with E-state index in [2.05, 4.69) is 27.4 Å². The van der Waals surface area contributed by atoms with Gasteiger partial charge in [-0.05, 0) is 44.7 Å². The summed E-state index contributed by atoms with van der Waals surface area (Å²) in [5, 5.41) is 6.33. The molecule has 2 atom stereocenters. The first-order chi connectivity index (χ1) is 10.2. The summed E-state index contributed by atoms with van der Waals surface area (Å²) in [7, 11) is 1.64. The van der Waals surface area contributed by atoms with Crippen molar-refractivity contribution in [2.24, 2.45) is 0 Å². The van der Waals surface area contributed by atoms with Crippen molar-refractivity contribution in [2.45, 2.75) is 50.7 Å². The van der Waals surface area contributed by atoms with Crippen LogP contribution in [-0.2, 0) is 0 Å². The Balaban J connectivity index is 1.81. The van der Waals surface area contributed by atoms with E-state index in [4.69, 9.17) is 0 Å². The number of pyridine rings is 1. The normalized spacial score (nSPS) is 27.4. The lowest BCUT2D eigenvalue weighted by Gasteiger charge is -2.38. The first-order valence-corrected chi connectivity index (χ1v) is 7.92. The fraction of sp³-hybridized carbons (Fsp3) is 0.625. The van der Waals surface area contributed by atoms with E-state index < -0.39 is 0 Å². The van der Waals surface area contributed by atoms with Gasteiger partial charge in [0.05, 0.1) is 0 Å². The Morgan fingerprint density at radius 2 is 2.14 bits per heavy atom. The molecular weight excluding hydrogens is 264 g/mol. The first-order valence-electron chi connectivity index (χ1n) is 7.92. The number of piperidine rings is 1. The summed E-state index contributed by atoms with van der Waals surface area (Å²) < 4.78 is 0. The van der Waals surface area contributed by atoms with Gasteiger partial charge in [0.25, 0.3) is 5.91 Å². The quantitative estimate of drug-likeness (QED) is 0.882. The molecule has 2 unspecified atom stereocenters. The number of nitrogens with one attached hydrogen (secondary N) is 2. The van der Waals surface area contributed by atoms with Crippen LogP contribution in [0.4, 0.5) is 5.69 Å². The van der Waals surface area contributed by atoms with E-state index in [1.165, 1.54) is 25.7 Å². The fourth-order valence-corrected chi connectivity index (χ4v) is 3.78. The number of nitrogens with zero attached hydrogens (tertiary/aromatic N) is 2. The van der Waals surface area contributed by atoms with E-state index in [0.717, 1.165) is 12.2 Å². The van der Waals surface area contributed by atoms with Gasteiger partial charge < -0.3 is 15.5 Å². The zero-order chi connectivity index (χ0) is 14.8. The largest absolute Gasteiger partial charge is 0.369 e. The molecule has 2 aliphatic heterocycles. The van der Waals surface area contributed by atoms with Crippen LogP contribution >= 0.6 is 0 Å². The number of rotatable bonds is 4. The van der Waals surface area contributed by atoms with Crippen LogP contribution in [0.5, 0.6) is 0 Å². The van der Waals surface area contributed by atoms with Crippen molar-refractivity contribution in [3.63, 3.8) is 0 Å². The number of fused-ring (bicyclic) bond motifs is 2.